The summed E-state index contributed by atoms with van der Waals surface area (Å²) in [7, 11) is 1.50. The van der Waals surface area contributed by atoms with E-state index in [2.05, 4.69) is 25.9 Å². The Morgan fingerprint density at radius 2 is 1.53 bits per heavy atom. The van der Waals surface area contributed by atoms with E-state index in [0.29, 0.717) is 12.8 Å². The van der Waals surface area contributed by atoms with Crippen LogP contribution in [0, 0.1) is 5.92 Å². The lowest BCUT2D eigenvalue weighted by atomic mass is 9.98. The number of nitrogens with two attached hydrogens (primary N) is 5. The Balaban J connectivity index is 3.18. The standard InChI is InChI=1S/C31H51N11O5/c1-19(2)16-22(18-26(44)42(4)25(27(32)45)17-21-10-6-5-7-11-21)40-28(46)24(13-9-15-38-31(35)36)41-29(47)23(39-20(3)43)12-8-14-37-30(33)34/h5-7,9-11,15,19,22-25H,8,12-14,16-18H2,1-4H3,(H2,32,45)(H,39,43)(H,40,46)(H,41,47)(H4,33,34,37)(H4,35,36,38)/b15-9+/t22-,23-,24-,25-/m0/s1. The summed E-state index contributed by atoms with van der Waals surface area (Å²) in [4.78, 5) is 73.5. The van der Waals surface area contributed by atoms with Crippen LogP contribution in [0.2, 0.25) is 0 Å². The molecule has 0 aromatic heterocycles. The molecule has 1 rings (SSSR count). The average molecular weight is 658 g/mol. The molecule has 47 heavy (non-hydrogen) atoms. The fourth-order valence-corrected chi connectivity index (χ4v) is 4.72. The normalized spacial score (nSPS) is 13.5. The molecule has 0 saturated carbocycles. The fraction of sp³-hybridized carbons (Fsp3) is 0.516. The maximum absolute atomic E-state index is 13.6. The third-order valence-electron chi connectivity index (χ3n) is 6.96. The van der Waals surface area contributed by atoms with E-state index in [1.54, 1.807) is 0 Å². The van der Waals surface area contributed by atoms with Gasteiger partial charge in [0.15, 0.2) is 11.9 Å². The Hall–Kier alpha value is -5.15. The van der Waals surface area contributed by atoms with Gasteiger partial charge in [0.1, 0.15) is 18.1 Å². The van der Waals surface area contributed by atoms with E-state index in [9.17, 15) is 24.0 Å². The number of guanidine groups is 2. The van der Waals surface area contributed by atoms with Crippen molar-refractivity contribution in [2.45, 2.75) is 83.5 Å². The zero-order valence-electron chi connectivity index (χ0n) is 27.6. The molecule has 0 heterocycles. The molecule has 0 aliphatic heterocycles. The largest absolute Gasteiger partial charge is 0.370 e. The summed E-state index contributed by atoms with van der Waals surface area (Å²) < 4.78 is 0. The Kier molecular flexibility index (Phi) is 17.6. The number of carbonyl (C=O) groups excluding carboxylic acids is 5. The van der Waals surface area contributed by atoms with E-state index in [1.807, 2.05) is 44.2 Å². The first-order valence-corrected chi connectivity index (χ1v) is 15.4. The van der Waals surface area contributed by atoms with Crippen molar-refractivity contribution in [3.63, 3.8) is 0 Å². The lowest BCUT2D eigenvalue weighted by molar-refractivity contribution is -0.138. The third-order valence-corrected chi connectivity index (χ3v) is 6.96. The predicted octanol–water partition coefficient (Wildman–Crippen LogP) is -1.32. The van der Waals surface area contributed by atoms with Crippen LogP contribution in [0.15, 0.2) is 52.6 Å². The number of hydrogen-bond donors (Lipinski definition) is 8. The van der Waals surface area contributed by atoms with Gasteiger partial charge in [-0.2, -0.15) is 0 Å². The topological polar surface area (TPSA) is 280 Å². The van der Waals surface area contributed by atoms with Crippen molar-refractivity contribution in [1.82, 2.24) is 20.9 Å². The lowest BCUT2D eigenvalue weighted by Crippen LogP contribution is -2.55. The van der Waals surface area contributed by atoms with Gasteiger partial charge in [0.25, 0.3) is 0 Å². The van der Waals surface area contributed by atoms with Crippen molar-refractivity contribution in [1.29, 1.82) is 0 Å². The summed E-state index contributed by atoms with van der Waals surface area (Å²) >= 11 is 0. The summed E-state index contributed by atoms with van der Waals surface area (Å²) in [6.45, 7) is 5.38. The zero-order chi connectivity index (χ0) is 35.5. The van der Waals surface area contributed by atoms with E-state index in [0.717, 1.165) is 5.56 Å². The van der Waals surface area contributed by atoms with Crippen molar-refractivity contribution in [2.75, 3.05) is 13.6 Å². The molecular formula is C31H51N11O5. The van der Waals surface area contributed by atoms with Crippen LogP contribution in [0.3, 0.4) is 0 Å². The minimum atomic E-state index is -1.12. The summed E-state index contributed by atoms with van der Waals surface area (Å²) in [6.07, 6.45) is 3.88. The van der Waals surface area contributed by atoms with Gasteiger partial charge >= 0.3 is 0 Å². The highest BCUT2D eigenvalue weighted by Crippen LogP contribution is 2.14. The van der Waals surface area contributed by atoms with Gasteiger partial charge in [0.2, 0.25) is 29.5 Å². The van der Waals surface area contributed by atoms with Crippen LogP contribution >= 0.6 is 0 Å². The molecule has 0 aliphatic carbocycles. The minimum Gasteiger partial charge on any atom is -0.370 e. The number of amides is 5. The maximum atomic E-state index is 13.6. The molecule has 0 unspecified atom stereocenters. The second kappa shape index (κ2) is 20.8. The molecule has 13 N–H and O–H groups in total. The van der Waals surface area contributed by atoms with Gasteiger partial charge in [-0.1, -0.05) is 50.3 Å². The molecule has 5 amide bonds. The lowest BCUT2D eigenvalue weighted by Gasteiger charge is -2.29. The first-order valence-electron chi connectivity index (χ1n) is 15.4. The highest BCUT2D eigenvalue weighted by molar-refractivity contribution is 5.92. The molecule has 260 valence electrons. The van der Waals surface area contributed by atoms with Crippen LogP contribution in [-0.4, -0.2) is 84.1 Å². The first kappa shape index (κ1) is 39.9. The molecule has 0 fully saturated rings. The summed E-state index contributed by atoms with van der Waals surface area (Å²) in [5.74, 6) is -2.89. The molecule has 0 radical (unpaired) electrons. The van der Waals surface area contributed by atoms with Gasteiger partial charge in [0.05, 0.1) is 0 Å². The molecule has 1 aromatic carbocycles. The third kappa shape index (κ3) is 16.7. The number of primary amides is 1. The van der Waals surface area contributed by atoms with Gasteiger partial charge in [-0.15, -0.1) is 0 Å². The summed E-state index contributed by atoms with van der Waals surface area (Å²) in [5, 5.41) is 8.15. The highest BCUT2D eigenvalue weighted by atomic mass is 16.2. The van der Waals surface area contributed by atoms with Crippen LogP contribution < -0.4 is 44.6 Å². The van der Waals surface area contributed by atoms with Crippen molar-refractivity contribution in [2.24, 2.45) is 44.6 Å². The summed E-state index contributed by atoms with van der Waals surface area (Å²) in [6, 6.07) is 5.54. The van der Waals surface area contributed by atoms with Crippen molar-refractivity contribution in [3.8, 4) is 0 Å². The number of nitrogens with zero attached hydrogens (tertiary/aromatic N) is 3. The molecule has 16 nitrogen and oxygen atoms in total. The van der Waals surface area contributed by atoms with Crippen LogP contribution in [0.5, 0.6) is 0 Å². The Labute approximate surface area is 276 Å². The molecule has 1 aromatic rings. The SMILES string of the molecule is CC(=O)N[C@@H](CCCN=C(N)N)C(=O)N[C@@H](C/C=C/N=C(N)N)C(=O)N[C@H](CC(=O)N(C)[C@@H](Cc1ccccc1)C(N)=O)CC(C)C. The molecular weight excluding hydrogens is 606 g/mol. The van der Waals surface area contributed by atoms with Gasteiger partial charge in [-0.25, -0.2) is 4.99 Å². The number of rotatable bonds is 20. The van der Waals surface area contributed by atoms with Crippen molar-refractivity contribution >= 4 is 41.5 Å². The van der Waals surface area contributed by atoms with Gasteiger partial charge in [0, 0.05) is 45.6 Å². The van der Waals surface area contributed by atoms with Gasteiger partial charge < -0.3 is 49.5 Å². The van der Waals surface area contributed by atoms with E-state index in [-0.39, 0.29) is 50.1 Å². The maximum Gasteiger partial charge on any atom is 0.243 e. The minimum absolute atomic E-state index is 0.0157. The Morgan fingerprint density at radius 1 is 0.894 bits per heavy atom. The van der Waals surface area contributed by atoms with E-state index < -0.39 is 53.7 Å². The quantitative estimate of drug-likeness (QED) is 0.0468. The van der Waals surface area contributed by atoms with E-state index in [4.69, 9.17) is 28.7 Å². The fourth-order valence-electron chi connectivity index (χ4n) is 4.72. The zero-order valence-corrected chi connectivity index (χ0v) is 27.6. The smallest absolute Gasteiger partial charge is 0.243 e. The average Bonchev–Trinajstić information content (AvgIpc) is 2.97. The van der Waals surface area contributed by atoms with Crippen molar-refractivity contribution in [3.05, 3.63) is 48.2 Å². The second-order valence-corrected chi connectivity index (χ2v) is 11.6. The van der Waals surface area contributed by atoms with Crippen LogP contribution in [-0.2, 0) is 30.4 Å². The number of likely N-dealkylation sites (N-methyl/N-ethyl adjacent to an activating group) is 1. The number of nitrogens with one attached hydrogen (secondary N) is 3. The molecule has 0 saturated heterocycles. The Bertz CT molecular complexity index is 1280. The number of benzene rings is 1. The molecule has 4 atom stereocenters. The van der Waals surface area contributed by atoms with Crippen LogP contribution in [0.4, 0.5) is 0 Å². The molecule has 0 bridgehead atoms. The molecule has 16 heteroatoms. The second-order valence-electron chi connectivity index (χ2n) is 11.6. The summed E-state index contributed by atoms with van der Waals surface area (Å²) in [5.41, 5.74) is 28.0. The Morgan fingerprint density at radius 3 is 2.09 bits per heavy atom. The number of carbonyl (C=O) groups is 5. The highest BCUT2D eigenvalue weighted by Gasteiger charge is 2.30. The molecule has 0 aliphatic rings. The monoisotopic (exact) mass is 657 g/mol. The number of hydrogen-bond acceptors (Lipinski definition) is 7. The van der Waals surface area contributed by atoms with E-state index in [1.165, 1.54) is 31.1 Å². The van der Waals surface area contributed by atoms with Crippen LogP contribution in [0.25, 0.3) is 0 Å². The van der Waals surface area contributed by atoms with Crippen molar-refractivity contribution < 1.29 is 24.0 Å². The van der Waals surface area contributed by atoms with Gasteiger partial charge in [-0.05, 0) is 37.2 Å². The van der Waals surface area contributed by atoms with E-state index >= 15 is 0 Å². The van der Waals surface area contributed by atoms with Gasteiger partial charge in [-0.3, -0.25) is 29.0 Å². The predicted molar refractivity (Wildman–Crippen MR) is 181 cm³/mol. The molecule has 0 spiro atoms. The number of aliphatic imine (C=N–C) groups is 2. The first-order chi connectivity index (χ1) is 22.1. The van der Waals surface area contributed by atoms with Crippen LogP contribution in [0.1, 0.15) is 58.4 Å².